The molecular formula is C13H7FN2O3. The van der Waals surface area contributed by atoms with E-state index in [1.807, 2.05) is 6.07 Å². The number of nitro benzene ring substituents is 1. The largest absolute Gasteiger partial charge is 0.457 e. The van der Waals surface area contributed by atoms with Crippen molar-refractivity contribution < 1.29 is 14.1 Å². The van der Waals surface area contributed by atoms with Crippen LogP contribution in [0.3, 0.4) is 0 Å². The molecule has 0 spiro atoms. The molecule has 0 aliphatic carbocycles. The molecule has 94 valence electrons. The van der Waals surface area contributed by atoms with Crippen LogP contribution in [0.15, 0.2) is 42.5 Å². The van der Waals surface area contributed by atoms with E-state index in [0.717, 1.165) is 18.2 Å². The van der Waals surface area contributed by atoms with E-state index in [0.29, 0.717) is 11.3 Å². The van der Waals surface area contributed by atoms with Crippen LogP contribution in [0.5, 0.6) is 11.5 Å². The van der Waals surface area contributed by atoms with Crippen LogP contribution < -0.4 is 4.74 Å². The van der Waals surface area contributed by atoms with Crippen LogP contribution in [-0.2, 0) is 0 Å². The summed E-state index contributed by atoms with van der Waals surface area (Å²) < 4.78 is 18.5. The van der Waals surface area contributed by atoms with Crippen LogP contribution in [0, 0.1) is 27.3 Å². The van der Waals surface area contributed by atoms with Crippen LogP contribution in [0.4, 0.5) is 10.1 Å². The van der Waals surface area contributed by atoms with Crippen LogP contribution in [0.2, 0.25) is 0 Å². The topological polar surface area (TPSA) is 76.2 Å². The minimum absolute atomic E-state index is 0.00166. The van der Waals surface area contributed by atoms with Crippen molar-refractivity contribution in [3.05, 3.63) is 64.0 Å². The summed E-state index contributed by atoms with van der Waals surface area (Å²) in [6, 6.07) is 11.1. The Kier molecular flexibility index (Phi) is 3.39. The number of nitriles is 1. The predicted octanol–water partition coefficient (Wildman–Crippen LogP) is 3.40. The molecule has 2 rings (SSSR count). The monoisotopic (exact) mass is 258 g/mol. The molecule has 6 heteroatoms. The zero-order valence-electron chi connectivity index (χ0n) is 9.54. The molecule has 2 aromatic rings. The van der Waals surface area contributed by atoms with Crippen molar-refractivity contribution in [3.63, 3.8) is 0 Å². The number of rotatable bonds is 3. The average Bonchev–Trinajstić information content (AvgIpc) is 2.38. The van der Waals surface area contributed by atoms with Gasteiger partial charge in [-0.3, -0.25) is 10.1 Å². The Hall–Kier alpha value is -2.94. The third kappa shape index (κ3) is 3.04. The first-order valence-electron chi connectivity index (χ1n) is 5.21. The standard InChI is InChI=1S/C13H7FN2O3/c14-10-5-11(16(17)18)7-13(6-10)19-12-3-1-2-9(4-12)8-15/h1-7H. The molecule has 2 aromatic carbocycles. The minimum atomic E-state index is -0.763. The first-order valence-corrected chi connectivity index (χ1v) is 5.21. The molecule has 0 saturated carbocycles. The Morgan fingerprint density at radius 1 is 1.21 bits per heavy atom. The van der Waals surface area contributed by atoms with Crippen LogP contribution in [-0.4, -0.2) is 4.92 Å². The fourth-order valence-electron chi connectivity index (χ4n) is 1.48. The van der Waals surface area contributed by atoms with E-state index >= 15 is 0 Å². The third-order valence-electron chi connectivity index (χ3n) is 2.27. The fourth-order valence-corrected chi connectivity index (χ4v) is 1.48. The Labute approximate surface area is 107 Å². The van der Waals surface area contributed by atoms with Crippen molar-refractivity contribution >= 4 is 5.69 Å². The molecule has 0 saturated heterocycles. The first-order chi connectivity index (χ1) is 9.08. The van der Waals surface area contributed by atoms with Gasteiger partial charge in [-0.05, 0) is 18.2 Å². The van der Waals surface area contributed by atoms with Gasteiger partial charge in [0.1, 0.15) is 17.3 Å². The molecule has 0 atom stereocenters. The molecule has 0 unspecified atom stereocenters. The molecule has 0 aromatic heterocycles. The van der Waals surface area contributed by atoms with Gasteiger partial charge in [0.05, 0.1) is 28.7 Å². The third-order valence-corrected chi connectivity index (χ3v) is 2.27. The van der Waals surface area contributed by atoms with Gasteiger partial charge in [0.15, 0.2) is 0 Å². The van der Waals surface area contributed by atoms with Crippen LogP contribution >= 0.6 is 0 Å². The van der Waals surface area contributed by atoms with E-state index < -0.39 is 16.4 Å². The highest BCUT2D eigenvalue weighted by molar-refractivity contribution is 5.43. The fraction of sp³-hybridized carbons (Fsp3) is 0. The Balaban J connectivity index is 2.33. The van der Waals surface area contributed by atoms with Gasteiger partial charge in [-0.15, -0.1) is 0 Å². The van der Waals surface area contributed by atoms with Gasteiger partial charge in [0.25, 0.3) is 5.69 Å². The highest BCUT2D eigenvalue weighted by atomic mass is 19.1. The molecule has 0 aliphatic rings. The van der Waals surface area contributed by atoms with Crippen molar-refractivity contribution in [2.24, 2.45) is 0 Å². The van der Waals surface area contributed by atoms with E-state index in [9.17, 15) is 14.5 Å². The summed E-state index contributed by atoms with van der Waals surface area (Å²) in [6.45, 7) is 0. The van der Waals surface area contributed by atoms with Gasteiger partial charge < -0.3 is 4.74 Å². The summed E-state index contributed by atoms with van der Waals surface area (Å²) in [5, 5.41) is 19.3. The summed E-state index contributed by atoms with van der Waals surface area (Å²) in [5.41, 5.74) is -0.0187. The van der Waals surface area contributed by atoms with Crippen LogP contribution in [0.1, 0.15) is 5.56 Å². The molecule has 0 radical (unpaired) electrons. The second-order valence-corrected chi connectivity index (χ2v) is 3.64. The smallest absolute Gasteiger partial charge is 0.276 e. The molecule has 0 N–H and O–H groups in total. The number of nitrogens with zero attached hydrogens (tertiary/aromatic N) is 2. The summed E-state index contributed by atoms with van der Waals surface area (Å²) in [4.78, 5) is 9.89. The second-order valence-electron chi connectivity index (χ2n) is 3.64. The van der Waals surface area contributed by atoms with Crippen molar-refractivity contribution in [2.75, 3.05) is 0 Å². The maximum atomic E-state index is 13.2. The summed E-state index contributed by atoms with van der Waals surface area (Å²) in [6.07, 6.45) is 0. The molecule has 0 heterocycles. The quantitative estimate of drug-likeness (QED) is 0.624. The average molecular weight is 258 g/mol. The molecule has 0 amide bonds. The number of non-ortho nitro benzene ring substituents is 1. The lowest BCUT2D eigenvalue weighted by Crippen LogP contribution is -1.92. The van der Waals surface area contributed by atoms with Gasteiger partial charge in [-0.25, -0.2) is 4.39 Å². The number of nitro groups is 1. The van der Waals surface area contributed by atoms with Crippen molar-refractivity contribution in [2.45, 2.75) is 0 Å². The second kappa shape index (κ2) is 5.14. The van der Waals surface area contributed by atoms with Crippen molar-refractivity contribution in [3.8, 4) is 17.6 Å². The maximum Gasteiger partial charge on any atom is 0.276 e. The van der Waals surface area contributed by atoms with Gasteiger partial charge in [0, 0.05) is 6.07 Å². The lowest BCUT2D eigenvalue weighted by atomic mass is 10.2. The molecule has 5 nitrogen and oxygen atoms in total. The van der Waals surface area contributed by atoms with Gasteiger partial charge in [0.2, 0.25) is 0 Å². The lowest BCUT2D eigenvalue weighted by molar-refractivity contribution is -0.385. The SMILES string of the molecule is N#Cc1cccc(Oc2cc(F)cc([N+](=O)[O-])c2)c1. The minimum Gasteiger partial charge on any atom is -0.457 e. The molecule has 19 heavy (non-hydrogen) atoms. The van der Waals surface area contributed by atoms with Gasteiger partial charge >= 0.3 is 0 Å². The van der Waals surface area contributed by atoms with Crippen molar-refractivity contribution in [1.82, 2.24) is 0 Å². The van der Waals surface area contributed by atoms with E-state index in [1.165, 1.54) is 6.07 Å². The first kappa shape index (κ1) is 12.5. The van der Waals surface area contributed by atoms with Gasteiger partial charge in [-0.1, -0.05) is 6.07 Å². The molecular weight excluding hydrogens is 251 g/mol. The molecule has 0 fully saturated rings. The number of hydrogen-bond acceptors (Lipinski definition) is 4. The number of ether oxygens (including phenoxy) is 1. The highest BCUT2D eigenvalue weighted by Crippen LogP contribution is 2.27. The Bertz CT molecular complexity index is 680. The summed E-state index contributed by atoms with van der Waals surface area (Å²) in [7, 11) is 0. The maximum absolute atomic E-state index is 13.2. The van der Waals surface area contributed by atoms with Gasteiger partial charge in [-0.2, -0.15) is 5.26 Å². The normalized spacial score (nSPS) is 9.68. The molecule has 0 bridgehead atoms. The zero-order chi connectivity index (χ0) is 13.8. The van der Waals surface area contributed by atoms with Crippen molar-refractivity contribution in [1.29, 1.82) is 5.26 Å². The van der Waals surface area contributed by atoms with E-state index in [2.05, 4.69) is 0 Å². The Morgan fingerprint density at radius 3 is 2.68 bits per heavy atom. The molecule has 0 aliphatic heterocycles. The number of halogens is 1. The zero-order valence-corrected chi connectivity index (χ0v) is 9.54. The van der Waals surface area contributed by atoms with Crippen LogP contribution in [0.25, 0.3) is 0 Å². The number of hydrogen-bond donors (Lipinski definition) is 0. The van der Waals surface area contributed by atoms with E-state index in [-0.39, 0.29) is 5.75 Å². The highest BCUT2D eigenvalue weighted by Gasteiger charge is 2.11. The summed E-state index contributed by atoms with van der Waals surface area (Å²) >= 11 is 0. The predicted molar refractivity (Wildman–Crippen MR) is 64.3 cm³/mol. The van der Waals surface area contributed by atoms with E-state index in [4.69, 9.17) is 10.00 Å². The number of benzene rings is 2. The van der Waals surface area contributed by atoms with E-state index in [1.54, 1.807) is 18.2 Å². The Morgan fingerprint density at radius 2 is 2.00 bits per heavy atom. The summed E-state index contributed by atoms with van der Waals surface area (Å²) in [5.74, 6) is -0.457. The lowest BCUT2D eigenvalue weighted by Gasteiger charge is -2.05.